The molecule has 0 aliphatic heterocycles. The third-order valence-corrected chi connectivity index (χ3v) is 5.03. The van der Waals surface area contributed by atoms with Crippen LogP contribution < -0.4 is 14.8 Å². The van der Waals surface area contributed by atoms with E-state index in [-0.39, 0.29) is 23.9 Å². The van der Waals surface area contributed by atoms with Gasteiger partial charge in [0.05, 0.1) is 19.8 Å². The molecule has 3 rings (SSSR count). The largest absolute Gasteiger partial charge is 0.493 e. The van der Waals surface area contributed by atoms with Crippen LogP contribution in [-0.2, 0) is 4.74 Å². The molecule has 0 saturated heterocycles. The molecule has 3 aromatic carbocycles. The number of ketones is 1. The maximum absolute atomic E-state index is 12.6. The molecule has 7 heteroatoms. The summed E-state index contributed by atoms with van der Waals surface area (Å²) >= 11 is 0. The van der Waals surface area contributed by atoms with Crippen molar-refractivity contribution < 1.29 is 28.6 Å². The highest BCUT2D eigenvalue weighted by atomic mass is 16.5. The molecule has 0 unspecified atom stereocenters. The van der Waals surface area contributed by atoms with Crippen LogP contribution in [0.1, 0.15) is 42.2 Å². The van der Waals surface area contributed by atoms with Crippen molar-refractivity contribution >= 4 is 23.3 Å². The van der Waals surface area contributed by atoms with Gasteiger partial charge in [0.15, 0.2) is 18.1 Å². The molecule has 0 aliphatic carbocycles. The van der Waals surface area contributed by atoms with Crippen molar-refractivity contribution in [2.45, 2.75) is 13.8 Å². The summed E-state index contributed by atoms with van der Waals surface area (Å²) in [5.74, 6) is -0.380. The average Bonchev–Trinajstić information content (AvgIpc) is 2.83. The normalized spacial score (nSPS) is 10.3. The lowest BCUT2D eigenvalue weighted by atomic mass is 10.0. The number of amides is 1. The Morgan fingerprint density at radius 2 is 1.58 bits per heavy atom. The number of rotatable bonds is 8. The number of methoxy groups -OCH3 is 2. The number of nitrogens with one attached hydrogen (secondary N) is 1. The molecule has 0 aliphatic rings. The van der Waals surface area contributed by atoms with Gasteiger partial charge >= 0.3 is 5.97 Å². The van der Waals surface area contributed by atoms with Gasteiger partial charge in [-0.15, -0.1) is 0 Å². The Morgan fingerprint density at radius 1 is 0.818 bits per heavy atom. The predicted molar refractivity (Wildman–Crippen MR) is 124 cm³/mol. The zero-order valence-electron chi connectivity index (χ0n) is 18.9. The first-order valence-electron chi connectivity index (χ1n) is 10.2. The van der Waals surface area contributed by atoms with E-state index in [4.69, 9.17) is 14.2 Å². The molecule has 33 heavy (non-hydrogen) atoms. The number of anilines is 1. The Labute approximate surface area is 192 Å². The lowest BCUT2D eigenvalue weighted by Crippen LogP contribution is -2.16. The van der Waals surface area contributed by atoms with Gasteiger partial charge in [-0.05, 0) is 61.9 Å². The molecular weight excluding hydrogens is 422 g/mol. The number of Topliss-reactive ketones (excluding diaryl/α,β-unsaturated/α-hetero) is 1. The minimum atomic E-state index is -0.657. The Balaban J connectivity index is 1.66. The predicted octanol–water partition coefficient (Wildman–Crippen LogP) is 4.61. The van der Waals surface area contributed by atoms with Crippen molar-refractivity contribution in [3.8, 4) is 11.5 Å². The van der Waals surface area contributed by atoms with Gasteiger partial charge in [0.2, 0.25) is 5.78 Å². The van der Waals surface area contributed by atoms with Crippen molar-refractivity contribution in [1.29, 1.82) is 0 Å². The Hall–Kier alpha value is -4.13. The summed E-state index contributed by atoms with van der Waals surface area (Å²) in [5, 5.41) is 2.74. The molecule has 0 atom stereocenters. The van der Waals surface area contributed by atoms with Gasteiger partial charge in [0.1, 0.15) is 0 Å². The van der Waals surface area contributed by atoms with Crippen molar-refractivity contribution in [2.75, 3.05) is 26.1 Å². The van der Waals surface area contributed by atoms with Crippen LogP contribution in [0.2, 0.25) is 0 Å². The zero-order valence-corrected chi connectivity index (χ0v) is 18.9. The summed E-state index contributed by atoms with van der Waals surface area (Å²) in [7, 11) is 3.00. The number of benzene rings is 3. The lowest BCUT2D eigenvalue weighted by molar-refractivity contribution is 0.0474. The summed E-state index contributed by atoms with van der Waals surface area (Å²) in [6.07, 6.45) is 0. The highest BCUT2D eigenvalue weighted by Gasteiger charge is 2.15. The minimum Gasteiger partial charge on any atom is -0.493 e. The fourth-order valence-corrected chi connectivity index (χ4v) is 3.23. The molecule has 0 fully saturated rings. The molecule has 0 radical (unpaired) electrons. The molecule has 1 N–H and O–H groups in total. The standard InChI is InChI=1S/C26H25NO6/c1-16-8-9-17(2)21(12-16)22(28)15-33-26(30)19-6-5-7-20(13-19)27-25(29)18-10-11-23(31-3)24(14-18)32-4/h5-14H,15H2,1-4H3,(H,27,29). The van der Waals surface area contributed by atoms with E-state index in [2.05, 4.69) is 5.32 Å². The summed E-state index contributed by atoms with van der Waals surface area (Å²) in [4.78, 5) is 37.6. The number of hydrogen-bond donors (Lipinski definition) is 1. The van der Waals surface area contributed by atoms with E-state index < -0.39 is 5.97 Å². The highest BCUT2D eigenvalue weighted by Crippen LogP contribution is 2.28. The van der Waals surface area contributed by atoms with Gasteiger partial charge in [0, 0.05) is 16.8 Å². The zero-order chi connectivity index (χ0) is 24.0. The van der Waals surface area contributed by atoms with Crippen LogP contribution in [0.15, 0.2) is 60.7 Å². The van der Waals surface area contributed by atoms with E-state index in [1.807, 2.05) is 26.0 Å². The SMILES string of the molecule is COc1ccc(C(=O)Nc2cccc(C(=O)OCC(=O)c3cc(C)ccc3C)c2)cc1OC. The first kappa shape index (κ1) is 23.5. The Morgan fingerprint density at radius 3 is 2.30 bits per heavy atom. The van der Waals surface area contributed by atoms with Crippen LogP contribution >= 0.6 is 0 Å². The van der Waals surface area contributed by atoms with Gasteiger partial charge in [-0.3, -0.25) is 9.59 Å². The van der Waals surface area contributed by atoms with Gasteiger partial charge in [-0.2, -0.15) is 0 Å². The minimum absolute atomic E-state index is 0.217. The third kappa shape index (κ3) is 5.77. The van der Waals surface area contributed by atoms with Crippen molar-refractivity contribution in [1.82, 2.24) is 0 Å². The number of aryl methyl sites for hydroxylation is 2. The van der Waals surface area contributed by atoms with Crippen LogP contribution in [-0.4, -0.2) is 38.5 Å². The summed E-state index contributed by atoms with van der Waals surface area (Å²) < 4.78 is 15.6. The highest BCUT2D eigenvalue weighted by molar-refractivity contribution is 6.05. The Kier molecular flexibility index (Phi) is 7.46. The van der Waals surface area contributed by atoms with Crippen molar-refractivity contribution in [2.24, 2.45) is 0 Å². The maximum Gasteiger partial charge on any atom is 0.338 e. The number of carbonyl (C=O) groups excluding carboxylic acids is 3. The number of carbonyl (C=O) groups is 3. The van der Waals surface area contributed by atoms with Crippen molar-refractivity contribution in [3.63, 3.8) is 0 Å². The molecule has 170 valence electrons. The second kappa shape index (κ2) is 10.5. The van der Waals surface area contributed by atoms with Gasteiger partial charge in [0.25, 0.3) is 5.91 Å². The summed E-state index contributed by atoms with van der Waals surface area (Å²) in [6.45, 7) is 3.36. The maximum atomic E-state index is 12.6. The Bertz CT molecular complexity index is 1200. The molecule has 0 bridgehead atoms. The molecular formula is C26H25NO6. The van der Waals surface area contributed by atoms with E-state index in [9.17, 15) is 14.4 Å². The number of esters is 1. The topological polar surface area (TPSA) is 90.9 Å². The second-order valence-electron chi connectivity index (χ2n) is 7.42. The van der Waals surface area contributed by atoms with E-state index >= 15 is 0 Å². The van der Waals surface area contributed by atoms with Gasteiger partial charge in [-0.1, -0.05) is 23.8 Å². The number of hydrogen-bond acceptors (Lipinski definition) is 6. The fraction of sp³-hybridized carbons (Fsp3) is 0.192. The lowest BCUT2D eigenvalue weighted by Gasteiger charge is -2.11. The quantitative estimate of drug-likeness (QED) is 0.401. The van der Waals surface area contributed by atoms with E-state index in [0.717, 1.165) is 11.1 Å². The molecule has 0 heterocycles. The fourth-order valence-electron chi connectivity index (χ4n) is 3.23. The molecule has 0 aromatic heterocycles. The second-order valence-corrected chi connectivity index (χ2v) is 7.42. The third-order valence-electron chi connectivity index (χ3n) is 5.03. The van der Waals surface area contributed by atoms with E-state index in [1.54, 1.807) is 42.5 Å². The molecule has 3 aromatic rings. The summed E-state index contributed by atoms with van der Waals surface area (Å²) in [5.41, 5.74) is 3.28. The number of ether oxygens (including phenoxy) is 3. The van der Waals surface area contributed by atoms with E-state index in [0.29, 0.717) is 28.3 Å². The van der Waals surface area contributed by atoms with Crippen LogP contribution in [0, 0.1) is 13.8 Å². The summed E-state index contributed by atoms with van der Waals surface area (Å²) in [6, 6.07) is 16.7. The molecule has 7 nitrogen and oxygen atoms in total. The molecule has 1 amide bonds. The van der Waals surface area contributed by atoms with Gasteiger partial charge < -0.3 is 19.5 Å². The van der Waals surface area contributed by atoms with Crippen LogP contribution in [0.3, 0.4) is 0 Å². The monoisotopic (exact) mass is 447 g/mol. The van der Waals surface area contributed by atoms with Crippen LogP contribution in [0.5, 0.6) is 11.5 Å². The van der Waals surface area contributed by atoms with Crippen LogP contribution in [0.25, 0.3) is 0 Å². The first-order chi connectivity index (χ1) is 15.8. The molecule has 0 saturated carbocycles. The smallest absolute Gasteiger partial charge is 0.338 e. The van der Waals surface area contributed by atoms with Crippen LogP contribution in [0.4, 0.5) is 5.69 Å². The average molecular weight is 447 g/mol. The molecule has 0 spiro atoms. The first-order valence-corrected chi connectivity index (χ1v) is 10.2. The van der Waals surface area contributed by atoms with Crippen molar-refractivity contribution in [3.05, 3.63) is 88.5 Å². The van der Waals surface area contributed by atoms with Gasteiger partial charge in [-0.25, -0.2) is 4.79 Å². The van der Waals surface area contributed by atoms with E-state index in [1.165, 1.54) is 20.3 Å².